The lowest BCUT2D eigenvalue weighted by molar-refractivity contribution is -0.123. The second-order valence-electron chi connectivity index (χ2n) is 8.14. The molecule has 4 nitrogen and oxygen atoms in total. The minimum Gasteiger partial charge on any atom is -0.354 e. The van der Waals surface area contributed by atoms with Gasteiger partial charge in [-0.15, -0.1) is 11.3 Å². The Morgan fingerprint density at radius 1 is 1.07 bits per heavy atom. The van der Waals surface area contributed by atoms with Gasteiger partial charge in [-0.1, -0.05) is 52.8 Å². The first-order valence-corrected chi connectivity index (χ1v) is 10.3. The fourth-order valence-electron chi connectivity index (χ4n) is 2.75. The Labute approximate surface area is 166 Å². The van der Waals surface area contributed by atoms with Crippen molar-refractivity contribution in [2.24, 2.45) is 5.92 Å². The summed E-state index contributed by atoms with van der Waals surface area (Å²) in [5.74, 6) is -0.353. The smallest absolute Gasteiger partial charge is 0.251 e. The van der Waals surface area contributed by atoms with Crippen molar-refractivity contribution in [1.82, 2.24) is 10.6 Å². The molecule has 1 unspecified atom stereocenters. The Balaban J connectivity index is 1.95. The van der Waals surface area contributed by atoms with Gasteiger partial charge in [0.2, 0.25) is 5.91 Å². The lowest BCUT2D eigenvalue weighted by Crippen LogP contribution is -2.50. The van der Waals surface area contributed by atoms with E-state index in [2.05, 4.69) is 37.5 Å². The molecule has 1 heterocycles. The van der Waals surface area contributed by atoms with E-state index in [1.807, 2.05) is 49.6 Å². The van der Waals surface area contributed by atoms with Gasteiger partial charge >= 0.3 is 0 Å². The van der Waals surface area contributed by atoms with Crippen LogP contribution in [0.4, 0.5) is 0 Å². The highest BCUT2D eigenvalue weighted by Gasteiger charge is 2.24. The van der Waals surface area contributed by atoms with Crippen molar-refractivity contribution < 1.29 is 9.59 Å². The van der Waals surface area contributed by atoms with E-state index in [1.165, 1.54) is 10.4 Å². The van der Waals surface area contributed by atoms with Crippen LogP contribution < -0.4 is 10.6 Å². The second-order valence-corrected chi connectivity index (χ2v) is 9.18. The Kier molecular flexibility index (Phi) is 7.19. The monoisotopic (exact) mass is 386 g/mol. The minimum absolute atomic E-state index is 0.00420. The number of benzene rings is 1. The number of rotatable bonds is 7. The van der Waals surface area contributed by atoms with Crippen LogP contribution in [0, 0.1) is 5.92 Å². The normalized spacial score (nSPS) is 12.7. The fraction of sp³-hybridized carbons (Fsp3) is 0.455. The first-order valence-electron chi connectivity index (χ1n) is 9.40. The van der Waals surface area contributed by atoms with Crippen LogP contribution in [-0.2, 0) is 16.6 Å². The summed E-state index contributed by atoms with van der Waals surface area (Å²) >= 11 is 1.68. The van der Waals surface area contributed by atoms with Crippen molar-refractivity contribution in [3.8, 4) is 0 Å². The summed E-state index contributed by atoms with van der Waals surface area (Å²) in [5.41, 5.74) is 1.78. The molecule has 2 N–H and O–H groups in total. The van der Waals surface area contributed by atoms with Gasteiger partial charge in [0.25, 0.3) is 5.91 Å². The molecule has 0 fully saturated rings. The molecule has 0 spiro atoms. The summed E-state index contributed by atoms with van der Waals surface area (Å²) < 4.78 is 0. The molecule has 1 atom stereocenters. The molecule has 0 aliphatic rings. The second kappa shape index (κ2) is 9.18. The van der Waals surface area contributed by atoms with E-state index in [1.54, 1.807) is 11.3 Å². The first-order chi connectivity index (χ1) is 12.7. The van der Waals surface area contributed by atoms with Crippen LogP contribution in [0.5, 0.6) is 0 Å². The van der Waals surface area contributed by atoms with E-state index in [4.69, 9.17) is 0 Å². The zero-order chi connectivity index (χ0) is 20.0. The zero-order valence-corrected chi connectivity index (χ0v) is 17.7. The average molecular weight is 387 g/mol. The van der Waals surface area contributed by atoms with Crippen LogP contribution in [0.25, 0.3) is 0 Å². The van der Waals surface area contributed by atoms with Crippen molar-refractivity contribution in [3.63, 3.8) is 0 Å². The molecule has 1 aromatic carbocycles. The maximum atomic E-state index is 12.6. The van der Waals surface area contributed by atoms with Crippen molar-refractivity contribution in [2.45, 2.75) is 52.5 Å². The van der Waals surface area contributed by atoms with Gasteiger partial charge in [-0.3, -0.25) is 9.59 Å². The van der Waals surface area contributed by atoms with E-state index in [0.717, 1.165) is 6.42 Å². The third-order valence-corrected chi connectivity index (χ3v) is 5.44. The molecule has 146 valence electrons. The van der Waals surface area contributed by atoms with Crippen molar-refractivity contribution in [3.05, 3.63) is 57.8 Å². The maximum Gasteiger partial charge on any atom is 0.251 e. The van der Waals surface area contributed by atoms with Crippen LogP contribution in [0.1, 0.15) is 55.4 Å². The Morgan fingerprint density at radius 2 is 1.74 bits per heavy atom. The molecule has 0 saturated carbocycles. The molecule has 27 heavy (non-hydrogen) atoms. The maximum absolute atomic E-state index is 12.6. The van der Waals surface area contributed by atoms with E-state index in [-0.39, 0.29) is 23.1 Å². The predicted molar refractivity (Wildman–Crippen MR) is 112 cm³/mol. The van der Waals surface area contributed by atoms with Crippen LogP contribution in [0.15, 0.2) is 41.8 Å². The number of carbonyl (C=O) groups excluding carboxylic acids is 2. The van der Waals surface area contributed by atoms with Gasteiger partial charge in [-0.05, 0) is 46.9 Å². The van der Waals surface area contributed by atoms with Gasteiger partial charge < -0.3 is 10.6 Å². The van der Waals surface area contributed by atoms with E-state index >= 15 is 0 Å². The third-order valence-electron chi connectivity index (χ3n) is 4.50. The highest BCUT2D eigenvalue weighted by atomic mass is 32.1. The molecule has 0 radical (unpaired) electrons. The third kappa shape index (κ3) is 6.21. The van der Waals surface area contributed by atoms with Gasteiger partial charge in [0.1, 0.15) is 6.04 Å². The number of amides is 2. The van der Waals surface area contributed by atoms with Gasteiger partial charge in [-0.25, -0.2) is 0 Å². The Bertz CT molecular complexity index is 744. The molecule has 1 aromatic heterocycles. The predicted octanol–water partition coefficient (Wildman–Crippen LogP) is 4.16. The quantitative estimate of drug-likeness (QED) is 0.751. The fourth-order valence-corrected chi connectivity index (χ4v) is 3.46. The molecule has 2 amide bonds. The summed E-state index contributed by atoms with van der Waals surface area (Å²) in [6.45, 7) is 10.9. The topological polar surface area (TPSA) is 58.2 Å². The summed E-state index contributed by atoms with van der Waals surface area (Å²) in [4.78, 5) is 26.4. The van der Waals surface area contributed by atoms with Gasteiger partial charge in [-0.2, -0.15) is 0 Å². The molecule has 5 heteroatoms. The van der Waals surface area contributed by atoms with Crippen LogP contribution >= 0.6 is 11.3 Å². The Hall–Kier alpha value is -2.14. The lowest BCUT2D eigenvalue weighted by atomic mass is 9.86. The highest BCUT2D eigenvalue weighted by molar-refractivity contribution is 7.09. The number of carbonyl (C=O) groups is 2. The molecule has 0 aliphatic carbocycles. The van der Waals surface area contributed by atoms with E-state index in [0.29, 0.717) is 12.1 Å². The number of nitrogens with one attached hydrogen (secondary N) is 2. The standard InChI is InChI=1S/C22H30N2O2S/c1-15(2)19(21(26)23-13-12-18-7-6-14-27-18)24-20(25)16-8-10-17(11-9-16)22(3,4)5/h6-11,14-15,19H,12-13H2,1-5H3,(H,23,26)(H,24,25). The summed E-state index contributed by atoms with van der Waals surface area (Å²) in [6, 6.07) is 11.1. The van der Waals surface area contributed by atoms with E-state index in [9.17, 15) is 9.59 Å². The average Bonchev–Trinajstić information content (AvgIpc) is 3.11. The molecular weight excluding hydrogens is 356 g/mol. The largest absolute Gasteiger partial charge is 0.354 e. The summed E-state index contributed by atoms with van der Waals surface area (Å²) in [6.07, 6.45) is 0.802. The minimum atomic E-state index is -0.553. The number of hydrogen-bond donors (Lipinski definition) is 2. The summed E-state index contributed by atoms with van der Waals surface area (Å²) in [7, 11) is 0. The SMILES string of the molecule is CC(C)C(NC(=O)c1ccc(C(C)(C)C)cc1)C(=O)NCCc1cccs1. The zero-order valence-electron chi connectivity index (χ0n) is 16.8. The molecule has 0 aliphatic heterocycles. The van der Waals surface area contributed by atoms with Crippen LogP contribution in [0.3, 0.4) is 0 Å². The number of thiophene rings is 1. The van der Waals surface area contributed by atoms with Crippen LogP contribution in [0.2, 0.25) is 0 Å². The molecule has 0 saturated heterocycles. The van der Waals surface area contributed by atoms with Crippen LogP contribution in [-0.4, -0.2) is 24.4 Å². The first kappa shape index (κ1) is 21.2. The van der Waals surface area contributed by atoms with Crippen molar-refractivity contribution in [1.29, 1.82) is 0 Å². The molecule has 0 bridgehead atoms. The van der Waals surface area contributed by atoms with Crippen molar-refractivity contribution >= 4 is 23.2 Å². The number of hydrogen-bond acceptors (Lipinski definition) is 3. The molecule has 2 rings (SSSR count). The van der Waals surface area contributed by atoms with Gasteiger partial charge in [0, 0.05) is 17.0 Å². The van der Waals surface area contributed by atoms with Crippen molar-refractivity contribution in [2.75, 3.05) is 6.54 Å². The van der Waals surface area contributed by atoms with Gasteiger partial charge in [0.05, 0.1) is 0 Å². The summed E-state index contributed by atoms with van der Waals surface area (Å²) in [5, 5.41) is 7.85. The van der Waals surface area contributed by atoms with E-state index < -0.39 is 6.04 Å². The lowest BCUT2D eigenvalue weighted by Gasteiger charge is -2.22. The van der Waals surface area contributed by atoms with Gasteiger partial charge in [0.15, 0.2) is 0 Å². The highest BCUT2D eigenvalue weighted by Crippen LogP contribution is 2.22. The molecular formula is C22H30N2O2S. The molecule has 2 aromatic rings. The Morgan fingerprint density at radius 3 is 2.26 bits per heavy atom.